The van der Waals surface area contributed by atoms with Crippen LogP contribution < -0.4 is 4.74 Å². The summed E-state index contributed by atoms with van der Waals surface area (Å²) in [6.07, 6.45) is -0.660. The molecule has 0 aliphatic carbocycles. The highest BCUT2D eigenvalue weighted by Gasteiger charge is 2.70. The van der Waals surface area contributed by atoms with Crippen LogP contribution in [0.15, 0.2) is 91.0 Å². The quantitative estimate of drug-likeness (QED) is 0.231. The van der Waals surface area contributed by atoms with Gasteiger partial charge >= 0.3 is 5.97 Å². The van der Waals surface area contributed by atoms with Gasteiger partial charge in [0.2, 0.25) is 5.78 Å². The summed E-state index contributed by atoms with van der Waals surface area (Å²) in [6, 6.07) is 26.6. The van der Waals surface area contributed by atoms with E-state index in [0.29, 0.717) is 11.3 Å². The number of carbonyl (C=O) groups excluding carboxylic acids is 2. The van der Waals surface area contributed by atoms with E-state index in [9.17, 15) is 9.59 Å². The molecule has 1 aliphatic rings. The third-order valence-corrected chi connectivity index (χ3v) is 4.35. The molecule has 1 saturated heterocycles. The van der Waals surface area contributed by atoms with Crippen molar-refractivity contribution in [2.45, 2.75) is 11.7 Å². The minimum atomic E-state index is -1.65. The molecule has 0 unspecified atom stereocenters. The summed E-state index contributed by atoms with van der Waals surface area (Å²) in [5.74, 6) is -0.723. The summed E-state index contributed by atoms with van der Waals surface area (Å²) in [4.78, 5) is 26.0. The van der Waals surface area contributed by atoms with E-state index >= 15 is 0 Å². The first-order valence-corrected chi connectivity index (χ1v) is 8.32. The monoisotopic (exact) mass is 344 g/mol. The second kappa shape index (κ2) is 6.58. The minimum Gasteiger partial charge on any atom is -0.424 e. The molecule has 4 heteroatoms. The van der Waals surface area contributed by atoms with Crippen molar-refractivity contribution in [2.75, 3.05) is 0 Å². The van der Waals surface area contributed by atoms with Gasteiger partial charge in [-0.1, -0.05) is 78.9 Å². The number of carbonyl (C=O) groups is 2. The fraction of sp³-hybridized carbons (Fsp3) is 0.0909. The van der Waals surface area contributed by atoms with Gasteiger partial charge in [0.25, 0.3) is 5.60 Å². The maximum atomic E-state index is 13.1. The van der Waals surface area contributed by atoms with E-state index < -0.39 is 23.5 Å². The lowest BCUT2D eigenvalue weighted by Crippen LogP contribution is -2.38. The molecule has 3 aromatic carbocycles. The van der Waals surface area contributed by atoms with Crippen molar-refractivity contribution >= 4 is 11.8 Å². The molecule has 0 bridgehead atoms. The number of rotatable bonds is 5. The van der Waals surface area contributed by atoms with Gasteiger partial charge in [-0.15, -0.1) is 0 Å². The smallest absolute Gasteiger partial charge is 0.355 e. The largest absolute Gasteiger partial charge is 0.424 e. The van der Waals surface area contributed by atoms with Gasteiger partial charge in [0, 0.05) is 5.56 Å². The molecule has 128 valence electrons. The summed E-state index contributed by atoms with van der Waals surface area (Å²) in [5, 5.41) is 0. The molecule has 0 spiro atoms. The second-order valence-electron chi connectivity index (χ2n) is 6.04. The van der Waals surface area contributed by atoms with Gasteiger partial charge in [-0.3, -0.25) is 4.79 Å². The van der Waals surface area contributed by atoms with E-state index in [4.69, 9.17) is 9.47 Å². The van der Waals surface area contributed by atoms with E-state index in [1.165, 1.54) is 0 Å². The fourth-order valence-electron chi connectivity index (χ4n) is 2.98. The van der Waals surface area contributed by atoms with Crippen LogP contribution in [0.2, 0.25) is 0 Å². The molecule has 26 heavy (non-hydrogen) atoms. The first-order valence-electron chi connectivity index (χ1n) is 8.32. The molecule has 4 nitrogen and oxygen atoms in total. The predicted octanol–water partition coefficient (Wildman–Crippen LogP) is 3.99. The molecular weight excluding hydrogens is 328 g/mol. The van der Waals surface area contributed by atoms with Crippen molar-refractivity contribution < 1.29 is 19.1 Å². The van der Waals surface area contributed by atoms with E-state index in [0.717, 1.165) is 5.56 Å². The van der Waals surface area contributed by atoms with Crippen LogP contribution in [0.5, 0.6) is 5.75 Å². The number of epoxide rings is 1. The third-order valence-electron chi connectivity index (χ3n) is 4.35. The van der Waals surface area contributed by atoms with Crippen LogP contribution in [-0.4, -0.2) is 17.4 Å². The van der Waals surface area contributed by atoms with Crippen LogP contribution >= 0.6 is 0 Å². The molecule has 0 radical (unpaired) electrons. The zero-order valence-corrected chi connectivity index (χ0v) is 13.9. The topological polar surface area (TPSA) is 55.9 Å². The Morgan fingerprint density at radius 1 is 0.769 bits per heavy atom. The Morgan fingerprint density at radius 2 is 1.31 bits per heavy atom. The molecule has 3 aromatic rings. The van der Waals surface area contributed by atoms with Crippen LogP contribution in [-0.2, 0) is 9.53 Å². The molecule has 0 amide bonds. The number of esters is 1. The number of ether oxygens (including phenoxy) is 2. The van der Waals surface area contributed by atoms with Crippen molar-refractivity contribution in [3.05, 3.63) is 102 Å². The van der Waals surface area contributed by atoms with E-state index in [-0.39, 0.29) is 0 Å². The van der Waals surface area contributed by atoms with Crippen molar-refractivity contribution in [1.82, 2.24) is 0 Å². The average molecular weight is 344 g/mol. The number of benzene rings is 3. The van der Waals surface area contributed by atoms with Gasteiger partial charge in [0.05, 0.1) is 0 Å². The number of hydrogen-bond acceptors (Lipinski definition) is 4. The maximum Gasteiger partial charge on any atom is 0.355 e. The zero-order chi connectivity index (χ0) is 18.0. The number of hydrogen-bond donors (Lipinski definition) is 0. The Morgan fingerprint density at radius 3 is 1.92 bits per heavy atom. The van der Waals surface area contributed by atoms with Crippen LogP contribution in [0.4, 0.5) is 0 Å². The van der Waals surface area contributed by atoms with Crippen molar-refractivity contribution in [2.24, 2.45) is 0 Å². The summed E-state index contributed by atoms with van der Waals surface area (Å²) in [5.41, 5.74) is -0.476. The Balaban J connectivity index is 1.69. The highest BCUT2D eigenvalue weighted by molar-refractivity contribution is 6.18. The van der Waals surface area contributed by atoms with Crippen LogP contribution in [0.25, 0.3) is 0 Å². The van der Waals surface area contributed by atoms with Crippen molar-refractivity contribution in [1.29, 1.82) is 0 Å². The second-order valence-corrected chi connectivity index (χ2v) is 6.04. The Labute approximate surface area is 151 Å². The molecule has 0 aromatic heterocycles. The number of para-hydroxylation sites is 1. The summed E-state index contributed by atoms with van der Waals surface area (Å²) in [7, 11) is 0. The first-order chi connectivity index (χ1) is 12.7. The van der Waals surface area contributed by atoms with Crippen LogP contribution in [0.1, 0.15) is 22.0 Å². The molecule has 1 fully saturated rings. The SMILES string of the molecule is O=C(Oc1ccccc1)[C@]1(C(=O)c2ccccc2)O[C@H]1c1ccccc1. The van der Waals surface area contributed by atoms with Gasteiger partial charge < -0.3 is 9.47 Å². The lowest BCUT2D eigenvalue weighted by atomic mass is 9.91. The molecule has 2 atom stereocenters. The lowest BCUT2D eigenvalue weighted by Gasteiger charge is -2.12. The van der Waals surface area contributed by atoms with E-state index in [2.05, 4.69) is 0 Å². The Hall–Kier alpha value is -3.24. The van der Waals surface area contributed by atoms with Gasteiger partial charge in [-0.05, 0) is 17.7 Å². The maximum absolute atomic E-state index is 13.1. The zero-order valence-electron chi connectivity index (χ0n) is 13.9. The lowest BCUT2D eigenvalue weighted by molar-refractivity contribution is -0.138. The molecule has 0 saturated carbocycles. The highest BCUT2D eigenvalue weighted by atomic mass is 16.7. The average Bonchev–Trinajstić information content (AvgIpc) is 3.47. The normalized spacial score (nSPS) is 21.0. The molecule has 1 heterocycles. The molecular formula is C22H16O4. The number of ketones is 1. The predicted molar refractivity (Wildman–Crippen MR) is 95.8 cm³/mol. The van der Waals surface area contributed by atoms with Crippen molar-refractivity contribution in [3.8, 4) is 5.75 Å². The molecule has 4 rings (SSSR count). The highest BCUT2D eigenvalue weighted by Crippen LogP contribution is 2.52. The van der Waals surface area contributed by atoms with Crippen LogP contribution in [0.3, 0.4) is 0 Å². The van der Waals surface area contributed by atoms with Gasteiger partial charge in [-0.2, -0.15) is 0 Å². The summed E-state index contributed by atoms with van der Waals surface area (Å²) in [6.45, 7) is 0. The van der Waals surface area contributed by atoms with E-state index in [1.807, 2.05) is 42.5 Å². The Bertz CT molecular complexity index is 922. The minimum absolute atomic E-state index is 0.375. The molecule has 1 aliphatic heterocycles. The third kappa shape index (κ3) is 2.80. The number of Topliss-reactive ketones (excluding diaryl/α,β-unsaturated/α-hetero) is 1. The summed E-state index contributed by atoms with van der Waals surface area (Å²) >= 11 is 0. The standard InChI is InChI=1S/C22H16O4/c23-19(16-10-4-1-5-11-16)22(20(26-22)17-12-6-2-7-13-17)21(24)25-18-14-8-3-9-15-18/h1-15,20H/t20-,22+/m0/s1. The van der Waals surface area contributed by atoms with Crippen molar-refractivity contribution in [3.63, 3.8) is 0 Å². The fourth-order valence-corrected chi connectivity index (χ4v) is 2.98. The first kappa shape index (κ1) is 16.2. The Kier molecular flexibility index (Phi) is 4.11. The van der Waals surface area contributed by atoms with E-state index in [1.54, 1.807) is 48.5 Å². The van der Waals surface area contributed by atoms with Gasteiger partial charge in [0.15, 0.2) is 0 Å². The van der Waals surface area contributed by atoms with Crippen LogP contribution in [0, 0.1) is 0 Å². The molecule has 0 N–H and O–H groups in total. The van der Waals surface area contributed by atoms with Gasteiger partial charge in [0.1, 0.15) is 11.9 Å². The van der Waals surface area contributed by atoms with Gasteiger partial charge in [-0.25, -0.2) is 4.79 Å². The summed E-state index contributed by atoms with van der Waals surface area (Å²) < 4.78 is 11.2.